The van der Waals surface area contributed by atoms with Gasteiger partial charge in [0.2, 0.25) is 0 Å². The fraction of sp³-hybridized carbons (Fsp3) is 0.292. The number of rotatable bonds is 4. The number of Topliss-reactive ketones (excluding diaryl/α,β-unsaturated/α-hetero) is 1. The molecular formula is C24H24N6O. The molecule has 1 aliphatic rings. The van der Waals surface area contributed by atoms with Gasteiger partial charge < -0.3 is 0 Å². The number of ketones is 1. The number of carbonyl (C=O) groups excluding carboxylic acids is 1. The molecule has 0 unspecified atom stereocenters. The highest BCUT2D eigenvalue weighted by atomic mass is 16.1. The average Bonchev–Trinajstić information content (AvgIpc) is 2.73. The Kier molecular flexibility index (Phi) is 6.61. The van der Waals surface area contributed by atoms with Crippen LogP contribution in [0.2, 0.25) is 0 Å². The summed E-state index contributed by atoms with van der Waals surface area (Å²) in [5.74, 6) is 0.216. The molecule has 2 aromatic carbocycles. The molecule has 0 N–H and O–H groups in total. The standard InChI is InChI=1S/C24H24N6O/c1-24(2,3)20-14-18(12-16-8-4-6-10-21(16)27-29-25)23(31)19(15-20)13-17-9-5-7-11-22(17)28-30-26/h4-13,20H,14-15H2,1-3H3. The van der Waals surface area contributed by atoms with E-state index in [0.29, 0.717) is 46.5 Å². The van der Waals surface area contributed by atoms with Gasteiger partial charge in [-0.2, -0.15) is 0 Å². The molecule has 0 heterocycles. The third-order valence-electron chi connectivity index (χ3n) is 5.58. The topological polar surface area (TPSA) is 115 Å². The van der Waals surface area contributed by atoms with Crippen LogP contribution in [0.4, 0.5) is 11.4 Å². The maximum Gasteiger partial charge on any atom is 0.185 e. The molecule has 31 heavy (non-hydrogen) atoms. The largest absolute Gasteiger partial charge is 0.289 e. The van der Waals surface area contributed by atoms with Crippen LogP contribution in [0.25, 0.3) is 33.0 Å². The normalized spacial score (nSPS) is 19.1. The van der Waals surface area contributed by atoms with E-state index in [2.05, 4.69) is 40.8 Å². The van der Waals surface area contributed by atoms with Crippen LogP contribution in [0.3, 0.4) is 0 Å². The minimum Gasteiger partial charge on any atom is -0.289 e. The maximum absolute atomic E-state index is 13.4. The SMILES string of the molecule is CC(C)(C)C1CC(=Cc2ccccc2N=[N+]=[N-])C(=O)C(=Cc2ccccc2N=[N+]=[N-])C1. The first-order valence-electron chi connectivity index (χ1n) is 10.1. The lowest BCUT2D eigenvalue weighted by molar-refractivity contribution is -0.113. The summed E-state index contributed by atoms with van der Waals surface area (Å²) in [6.45, 7) is 6.51. The van der Waals surface area contributed by atoms with Crippen LogP contribution in [-0.2, 0) is 4.79 Å². The molecule has 2 aromatic rings. The summed E-state index contributed by atoms with van der Waals surface area (Å²) < 4.78 is 0. The highest BCUT2D eigenvalue weighted by Gasteiger charge is 2.34. The smallest absolute Gasteiger partial charge is 0.185 e. The summed E-state index contributed by atoms with van der Waals surface area (Å²) in [5.41, 5.74) is 21.5. The third kappa shape index (κ3) is 5.23. The first-order chi connectivity index (χ1) is 14.8. The van der Waals surface area contributed by atoms with E-state index in [9.17, 15) is 4.79 Å². The molecule has 1 fully saturated rings. The van der Waals surface area contributed by atoms with Gasteiger partial charge in [0.15, 0.2) is 5.78 Å². The molecule has 156 valence electrons. The second-order valence-electron chi connectivity index (χ2n) is 8.64. The van der Waals surface area contributed by atoms with Crippen LogP contribution in [0.15, 0.2) is 69.9 Å². The lowest BCUT2D eigenvalue weighted by Gasteiger charge is -2.35. The number of nitrogens with zero attached hydrogens (tertiary/aromatic N) is 6. The summed E-state index contributed by atoms with van der Waals surface area (Å²) in [4.78, 5) is 19.2. The lowest BCUT2D eigenvalue weighted by Crippen LogP contribution is -2.29. The lowest BCUT2D eigenvalue weighted by atomic mass is 9.68. The number of hydrogen-bond donors (Lipinski definition) is 0. The maximum atomic E-state index is 13.4. The van der Waals surface area contributed by atoms with Gasteiger partial charge in [-0.1, -0.05) is 79.5 Å². The van der Waals surface area contributed by atoms with E-state index in [4.69, 9.17) is 11.1 Å². The van der Waals surface area contributed by atoms with Gasteiger partial charge >= 0.3 is 0 Å². The van der Waals surface area contributed by atoms with Gasteiger partial charge in [-0.25, -0.2) is 0 Å². The Hall–Kier alpha value is -3.79. The van der Waals surface area contributed by atoms with Gasteiger partial charge in [0.1, 0.15) is 0 Å². The highest BCUT2D eigenvalue weighted by molar-refractivity contribution is 6.14. The van der Waals surface area contributed by atoms with Gasteiger partial charge in [-0.3, -0.25) is 4.79 Å². The average molecular weight is 412 g/mol. The molecule has 1 saturated carbocycles. The van der Waals surface area contributed by atoms with Crippen molar-refractivity contribution < 1.29 is 4.79 Å². The fourth-order valence-corrected chi connectivity index (χ4v) is 3.73. The summed E-state index contributed by atoms with van der Waals surface area (Å²) >= 11 is 0. The summed E-state index contributed by atoms with van der Waals surface area (Å²) in [7, 11) is 0. The number of allylic oxidation sites excluding steroid dienone is 2. The Bertz CT molecular complexity index is 1080. The molecule has 0 atom stereocenters. The van der Waals surface area contributed by atoms with E-state index in [1.807, 2.05) is 36.4 Å². The Labute approximate surface area is 181 Å². The van der Waals surface area contributed by atoms with Crippen molar-refractivity contribution in [2.24, 2.45) is 21.6 Å². The second kappa shape index (κ2) is 9.35. The zero-order chi connectivity index (χ0) is 22.4. The number of azide groups is 2. The van der Waals surface area contributed by atoms with Gasteiger partial charge in [-0.05, 0) is 58.5 Å². The molecule has 0 spiro atoms. The predicted octanol–water partition coefficient (Wildman–Crippen LogP) is 8.06. The summed E-state index contributed by atoms with van der Waals surface area (Å²) in [5, 5.41) is 7.49. The van der Waals surface area contributed by atoms with E-state index in [-0.39, 0.29) is 17.1 Å². The van der Waals surface area contributed by atoms with Crippen LogP contribution in [-0.4, -0.2) is 5.78 Å². The van der Waals surface area contributed by atoms with E-state index < -0.39 is 0 Å². The van der Waals surface area contributed by atoms with Crippen molar-refractivity contribution in [3.05, 3.63) is 91.7 Å². The molecule has 1 aliphatic carbocycles. The van der Waals surface area contributed by atoms with Crippen molar-refractivity contribution in [2.75, 3.05) is 0 Å². The Morgan fingerprint density at radius 3 is 1.65 bits per heavy atom. The van der Waals surface area contributed by atoms with Crippen molar-refractivity contribution >= 4 is 29.3 Å². The quantitative estimate of drug-likeness (QED) is 0.215. The minimum atomic E-state index is -0.0352. The molecule has 0 amide bonds. The highest BCUT2D eigenvalue weighted by Crippen LogP contribution is 2.42. The van der Waals surface area contributed by atoms with Gasteiger partial charge in [0.25, 0.3) is 0 Å². The van der Waals surface area contributed by atoms with Crippen molar-refractivity contribution in [1.82, 2.24) is 0 Å². The molecule has 0 aromatic heterocycles. The van der Waals surface area contributed by atoms with Crippen LogP contribution < -0.4 is 0 Å². The van der Waals surface area contributed by atoms with Crippen LogP contribution in [0.5, 0.6) is 0 Å². The fourth-order valence-electron chi connectivity index (χ4n) is 3.73. The van der Waals surface area contributed by atoms with Crippen LogP contribution in [0.1, 0.15) is 44.7 Å². The van der Waals surface area contributed by atoms with E-state index >= 15 is 0 Å². The molecule has 3 rings (SSSR count). The second-order valence-corrected chi connectivity index (χ2v) is 8.64. The molecular weight excluding hydrogens is 388 g/mol. The number of benzene rings is 2. The number of carbonyl (C=O) groups is 1. The molecule has 0 radical (unpaired) electrons. The van der Waals surface area contributed by atoms with Crippen molar-refractivity contribution in [2.45, 2.75) is 33.6 Å². The number of hydrogen-bond acceptors (Lipinski definition) is 3. The molecule has 0 aliphatic heterocycles. The van der Waals surface area contributed by atoms with Crippen molar-refractivity contribution in [3.63, 3.8) is 0 Å². The zero-order valence-electron chi connectivity index (χ0n) is 17.9. The Morgan fingerprint density at radius 1 is 0.839 bits per heavy atom. The molecule has 0 saturated heterocycles. The molecule has 7 nitrogen and oxygen atoms in total. The summed E-state index contributed by atoms with van der Waals surface area (Å²) in [6.07, 6.45) is 4.94. The van der Waals surface area contributed by atoms with Crippen LogP contribution in [0, 0.1) is 11.3 Å². The monoisotopic (exact) mass is 412 g/mol. The van der Waals surface area contributed by atoms with E-state index in [0.717, 1.165) is 0 Å². The van der Waals surface area contributed by atoms with E-state index in [1.54, 1.807) is 24.3 Å². The van der Waals surface area contributed by atoms with Gasteiger partial charge in [0, 0.05) is 32.3 Å². The van der Waals surface area contributed by atoms with E-state index in [1.165, 1.54) is 0 Å². The predicted molar refractivity (Wildman–Crippen MR) is 124 cm³/mol. The molecule has 7 heteroatoms. The third-order valence-corrected chi connectivity index (χ3v) is 5.58. The molecule has 0 bridgehead atoms. The first-order valence-corrected chi connectivity index (χ1v) is 10.1. The van der Waals surface area contributed by atoms with Crippen molar-refractivity contribution in [1.29, 1.82) is 0 Å². The summed E-state index contributed by atoms with van der Waals surface area (Å²) in [6, 6.07) is 14.4. The van der Waals surface area contributed by atoms with Gasteiger partial charge in [-0.15, -0.1) is 0 Å². The van der Waals surface area contributed by atoms with Gasteiger partial charge in [0.05, 0.1) is 0 Å². The van der Waals surface area contributed by atoms with Crippen LogP contribution >= 0.6 is 0 Å². The van der Waals surface area contributed by atoms with Crippen molar-refractivity contribution in [3.8, 4) is 0 Å². The first kappa shape index (κ1) is 21.9. The Morgan fingerprint density at radius 2 is 1.26 bits per heavy atom. The Balaban J connectivity index is 2.11. The zero-order valence-corrected chi connectivity index (χ0v) is 17.9. The minimum absolute atomic E-state index is 0.00642.